The first-order valence-corrected chi connectivity index (χ1v) is 16.4. The zero-order valence-corrected chi connectivity index (χ0v) is 26.7. The van der Waals surface area contributed by atoms with E-state index in [1.807, 2.05) is 44.2 Å². The Morgan fingerprint density at radius 2 is 1.82 bits per heavy atom. The minimum absolute atomic E-state index is 0.0103. The van der Waals surface area contributed by atoms with Crippen LogP contribution in [0.4, 0.5) is 15.3 Å². The Morgan fingerprint density at radius 3 is 2.49 bits per heavy atom. The number of benzene rings is 2. The number of ether oxygens (including phenoxy) is 3. The molecule has 2 saturated heterocycles. The van der Waals surface area contributed by atoms with Crippen molar-refractivity contribution in [1.29, 1.82) is 0 Å². The predicted molar refractivity (Wildman–Crippen MR) is 166 cm³/mol. The number of amides is 2. The molecule has 0 spiro atoms. The standard InChI is InChI=1S/C31H44N4O9S/c1-31(2,14-15-34(3)30(38)39)20-35(45(40,41)23-11-9-22(32)10-12-23)18-26(36)25(17-21-7-5-4-6-8-21)33-29(37)44-27-19-43-28-24(27)13-16-42-28/h4-12,24-28,36H,13-20,32H2,1-3H3,(H,33,37)(H,38,39)/t24-,25-,26+,27-,28+/m0/s1. The maximum absolute atomic E-state index is 14.0. The molecule has 5 atom stereocenters. The average molecular weight is 649 g/mol. The van der Waals surface area contributed by atoms with Gasteiger partial charge >= 0.3 is 12.2 Å². The van der Waals surface area contributed by atoms with Crippen LogP contribution >= 0.6 is 0 Å². The summed E-state index contributed by atoms with van der Waals surface area (Å²) in [5.74, 6) is -0.0730. The normalized spacial score (nSPS) is 21.2. The van der Waals surface area contributed by atoms with Gasteiger partial charge in [-0.25, -0.2) is 18.0 Å². The lowest BCUT2D eigenvalue weighted by atomic mass is 9.89. The number of carbonyl (C=O) groups is 2. The molecule has 0 radical (unpaired) electrons. The molecule has 13 nitrogen and oxygen atoms in total. The average Bonchev–Trinajstić information content (AvgIpc) is 3.61. The van der Waals surface area contributed by atoms with Crippen LogP contribution in [0.2, 0.25) is 0 Å². The molecule has 45 heavy (non-hydrogen) atoms. The van der Waals surface area contributed by atoms with E-state index >= 15 is 0 Å². The van der Waals surface area contributed by atoms with Crippen LogP contribution in [0, 0.1) is 11.3 Å². The maximum Gasteiger partial charge on any atom is 0.407 e. The summed E-state index contributed by atoms with van der Waals surface area (Å²) in [6, 6.07) is 14.1. The Bertz CT molecular complexity index is 1390. The van der Waals surface area contributed by atoms with Gasteiger partial charge in [-0.15, -0.1) is 0 Å². The number of fused-ring (bicyclic) bond motifs is 1. The molecule has 2 fully saturated rings. The van der Waals surface area contributed by atoms with Crippen LogP contribution in [-0.4, -0.2) is 104 Å². The number of anilines is 1. The molecule has 0 aliphatic carbocycles. The van der Waals surface area contributed by atoms with E-state index < -0.39 is 52.2 Å². The summed E-state index contributed by atoms with van der Waals surface area (Å²) in [6.45, 7) is 4.19. The van der Waals surface area contributed by atoms with E-state index in [4.69, 9.17) is 19.9 Å². The number of aliphatic hydroxyl groups is 1. The summed E-state index contributed by atoms with van der Waals surface area (Å²) in [5, 5.41) is 23.7. The second-order valence-electron chi connectivity index (χ2n) is 12.5. The van der Waals surface area contributed by atoms with E-state index in [-0.39, 0.29) is 43.5 Å². The van der Waals surface area contributed by atoms with Crippen LogP contribution in [0.5, 0.6) is 0 Å². The number of aliphatic hydroxyl groups excluding tert-OH is 1. The van der Waals surface area contributed by atoms with E-state index in [9.17, 15) is 28.2 Å². The van der Waals surface area contributed by atoms with Gasteiger partial charge in [-0.2, -0.15) is 4.31 Å². The Labute approximate surface area is 264 Å². The first kappa shape index (κ1) is 34.4. The molecule has 2 aromatic carbocycles. The Balaban J connectivity index is 1.56. The van der Waals surface area contributed by atoms with Crippen LogP contribution in [0.1, 0.15) is 32.3 Å². The van der Waals surface area contributed by atoms with Gasteiger partial charge in [0.1, 0.15) is 6.10 Å². The van der Waals surface area contributed by atoms with Gasteiger partial charge < -0.3 is 40.4 Å². The van der Waals surface area contributed by atoms with Crippen LogP contribution in [-0.2, 0) is 30.7 Å². The van der Waals surface area contributed by atoms with Crippen LogP contribution in [0.15, 0.2) is 59.5 Å². The fraction of sp³-hybridized carbons (Fsp3) is 0.548. The number of hydrogen-bond acceptors (Lipinski definition) is 9. The van der Waals surface area contributed by atoms with Crippen LogP contribution in [0.3, 0.4) is 0 Å². The number of nitrogen functional groups attached to an aromatic ring is 1. The number of rotatable bonds is 14. The van der Waals surface area contributed by atoms with Crippen molar-refractivity contribution in [2.75, 3.05) is 45.6 Å². The summed E-state index contributed by atoms with van der Waals surface area (Å²) in [7, 11) is -2.70. The minimum atomic E-state index is -4.15. The second-order valence-corrected chi connectivity index (χ2v) is 14.4. The number of nitrogens with one attached hydrogen (secondary N) is 1. The number of nitrogens with zero attached hydrogens (tertiary/aromatic N) is 2. The molecule has 2 amide bonds. The van der Waals surface area contributed by atoms with Crippen molar-refractivity contribution < 1.29 is 42.4 Å². The third-order valence-corrected chi connectivity index (χ3v) is 10.1. The molecule has 0 unspecified atom stereocenters. The molecule has 0 aromatic heterocycles. The molecular weight excluding hydrogens is 604 g/mol. The Morgan fingerprint density at radius 1 is 1.13 bits per heavy atom. The first-order chi connectivity index (χ1) is 21.2. The molecule has 2 aromatic rings. The van der Waals surface area contributed by atoms with Crippen molar-refractivity contribution in [3.05, 3.63) is 60.2 Å². The van der Waals surface area contributed by atoms with Crippen LogP contribution in [0.25, 0.3) is 0 Å². The van der Waals surface area contributed by atoms with E-state index in [1.165, 1.54) is 35.6 Å². The number of carbonyl (C=O) groups excluding carboxylic acids is 1. The molecule has 2 aliphatic heterocycles. The van der Waals surface area contributed by atoms with Gasteiger partial charge in [0, 0.05) is 32.4 Å². The molecule has 5 N–H and O–H groups in total. The third-order valence-electron chi connectivity index (χ3n) is 8.27. The van der Waals surface area contributed by atoms with Gasteiger partial charge in [0.15, 0.2) is 6.29 Å². The lowest BCUT2D eigenvalue weighted by Gasteiger charge is -2.35. The van der Waals surface area contributed by atoms with Crippen molar-refractivity contribution in [2.45, 2.75) is 62.5 Å². The van der Waals surface area contributed by atoms with Gasteiger partial charge in [-0.3, -0.25) is 0 Å². The SMILES string of the molecule is CN(CCC(C)(C)CN(C[C@@H](O)[C@H](Cc1ccccc1)NC(=O)O[C@H]1CO[C@H]2OCC[C@H]21)S(=O)(=O)c1ccc(N)cc1)C(=O)O. The molecule has 0 saturated carbocycles. The third kappa shape index (κ3) is 9.30. The summed E-state index contributed by atoms with van der Waals surface area (Å²) >= 11 is 0. The van der Waals surface area contributed by atoms with Gasteiger partial charge in [-0.1, -0.05) is 44.2 Å². The van der Waals surface area contributed by atoms with Crippen molar-refractivity contribution in [3.63, 3.8) is 0 Å². The quantitative estimate of drug-likeness (QED) is 0.223. The van der Waals surface area contributed by atoms with E-state index in [0.717, 1.165) is 10.5 Å². The Kier molecular flexibility index (Phi) is 11.3. The summed E-state index contributed by atoms with van der Waals surface area (Å²) in [5.41, 5.74) is 6.33. The fourth-order valence-corrected chi connectivity index (χ4v) is 7.16. The van der Waals surface area contributed by atoms with Crippen molar-refractivity contribution in [2.24, 2.45) is 11.3 Å². The molecular formula is C31H44N4O9S. The monoisotopic (exact) mass is 648 g/mol. The largest absolute Gasteiger partial charge is 0.465 e. The van der Waals surface area contributed by atoms with Gasteiger partial charge in [0.2, 0.25) is 10.0 Å². The predicted octanol–water partition coefficient (Wildman–Crippen LogP) is 2.75. The molecule has 4 rings (SSSR count). The number of sulfonamides is 1. The maximum atomic E-state index is 14.0. The zero-order valence-electron chi connectivity index (χ0n) is 25.9. The number of carboxylic acid groups (broad SMARTS) is 1. The lowest BCUT2D eigenvalue weighted by Crippen LogP contribution is -2.52. The Hall–Kier alpha value is -3.43. The van der Waals surface area contributed by atoms with Crippen molar-refractivity contribution >= 4 is 27.9 Å². The highest BCUT2D eigenvalue weighted by Gasteiger charge is 2.44. The van der Waals surface area contributed by atoms with Crippen molar-refractivity contribution in [1.82, 2.24) is 14.5 Å². The van der Waals surface area contributed by atoms with E-state index in [1.54, 1.807) is 0 Å². The lowest BCUT2D eigenvalue weighted by molar-refractivity contribution is -0.0907. The number of alkyl carbamates (subject to hydrolysis) is 1. The number of nitrogens with two attached hydrogens (primary N) is 1. The summed E-state index contributed by atoms with van der Waals surface area (Å²) in [4.78, 5) is 25.6. The van der Waals surface area contributed by atoms with Gasteiger partial charge in [0.05, 0.1) is 36.2 Å². The first-order valence-electron chi connectivity index (χ1n) is 15.0. The molecule has 2 heterocycles. The highest BCUT2D eigenvalue weighted by molar-refractivity contribution is 7.89. The smallest absolute Gasteiger partial charge is 0.407 e. The van der Waals surface area contributed by atoms with E-state index in [2.05, 4.69) is 5.32 Å². The molecule has 2 aliphatic rings. The molecule has 14 heteroatoms. The van der Waals surface area contributed by atoms with Gasteiger partial charge in [-0.05, 0) is 54.5 Å². The summed E-state index contributed by atoms with van der Waals surface area (Å²) in [6.07, 6.45) is -2.83. The van der Waals surface area contributed by atoms with E-state index in [0.29, 0.717) is 25.1 Å². The van der Waals surface area contributed by atoms with Gasteiger partial charge in [0.25, 0.3) is 0 Å². The highest BCUT2D eigenvalue weighted by atomic mass is 32.2. The summed E-state index contributed by atoms with van der Waals surface area (Å²) < 4.78 is 45.9. The topological polar surface area (TPSA) is 181 Å². The number of hydrogen-bond donors (Lipinski definition) is 4. The second kappa shape index (κ2) is 14.8. The van der Waals surface area contributed by atoms with Crippen LogP contribution < -0.4 is 11.1 Å². The minimum Gasteiger partial charge on any atom is -0.465 e. The molecule has 248 valence electrons. The highest BCUT2D eigenvalue weighted by Crippen LogP contribution is 2.33. The molecule has 0 bridgehead atoms. The van der Waals surface area contributed by atoms with Crippen molar-refractivity contribution in [3.8, 4) is 0 Å². The zero-order chi connectivity index (χ0) is 32.8. The fourth-order valence-electron chi connectivity index (χ4n) is 5.52.